The average Bonchev–Trinajstić information content (AvgIpc) is 2.71. The van der Waals surface area contributed by atoms with Gasteiger partial charge in [0.05, 0.1) is 0 Å². The Morgan fingerprint density at radius 2 is 1.39 bits per heavy atom. The van der Waals surface area contributed by atoms with E-state index in [1.807, 2.05) is 36.0 Å². The van der Waals surface area contributed by atoms with Gasteiger partial charge in [-0.25, -0.2) is 0 Å². The molecule has 0 unspecified atom stereocenters. The number of hydrogen-bond acceptors (Lipinski definition) is 2. The Morgan fingerprint density at radius 1 is 0.750 bits per heavy atom. The van der Waals surface area contributed by atoms with Crippen molar-refractivity contribution in [1.29, 1.82) is 0 Å². The molecule has 1 N–H and O–H groups in total. The lowest BCUT2D eigenvalue weighted by Gasteiger charge is -2.19. The van der Waals surface area contributed by atoms with Crippen molar-refractivity contribution in [2.45, 2.75) is 23.7 Å². The molecule has 0 aliphatic rings. The van der Waals surface area contributed by atoms with Crippen LogP contribution in [0.25, 0.3) is 0 Å². The summed E-state index contributed by atoms with van der Waals surface area (Å²) in [6.07, 6.45) is 2.16. The molecule has 28 heavy (non-hydrogen) atoms. The summed E-state index contributed by atoms with van der Waals surface area (Å²) in [6.45, 7) is 1.98. The minimum atomic E-state index is 0.281. The van der Waals surface area contributed by atoms with Gasteiger partial charge >= 0.3 is 0 Å². The molecule has 0 saturated heterocycles. The Kier molecular flexibility index (Phi) is 8.75. The van der Waals surface area contributed by atoms with Gasteiger partial charge in [-0.1, -0.05) is 65.7 Å². The number of thioether (sulfide) groups is 1. The molecule has 0 heterocycles. The minimum absolute atomic E-state index is 0.281. The summed E-state index contributed by atoms with van der Waals surface area (Å²) in [4.78, 5) is 1.34. The third kappa shape index (κ3) is 6.86. The summed E-state index contributed by atoms with van der Waals surface area (Å²) < 4.78 is 0. The van der Waals surface area contributed by atoms with Crippen molar-refractivity contribution in [3.8, 4) is 0 Å². The van der Waals surface area contributed by atoms with Gasteiger partial charge in [0.15, 0.2) is 0 Å². The minimum Gasteiger partial charge on any atom is -0.317 e. The molecule has 0 bridgehead atoms. The van der Waals surface area contributed by atoms with Crippen LogP contribution in [0.3, 0.4) is 0 Å². The highest BCUT2D eigenvalue weighted by Crippen LogP contribution is 2.30. The van der Waals surface area contributed by atoms with E-state index in [-0.39, 0.29) is 5.92 Å². The van der Waals surface area contributed by atoms with Crippen LogP contribution in [-0.4, -0.2) is 18.8 Å². The Hall–Kier alpha value is -1.45. The van der Waals surface area contributed by atoms with Gasteiger partial charge in [-0.15, -0.1) is 11.8 Å². The number of hydrogen-bond donors (Lipinski definition) is 1. The molecule has 0 aliphatic carbocycles. The van der Waals surface area contributed by atoms with E-state index >= 15 is 0 Å². The number of halogens is 2. The fourth-order valence-corrected chi connectivity index (χ4v) is 4.52. The summed E-state index contributed by atoms with van der Waals surface area (Å²) in [6, 6.07) is 26.9. The predicted molar refractivity (Wildman–Crippen MR) is 124 cm³/mol. The first-order valence-corrected chi connectivity index (χ1v) is 11.4. The van der Waals surface area contributed by atoms with Gasteiger partial charge in [-0.05, 0) is 79.2 Å². The van der Waals surface area contributed by atoms with Gasteiger partial charge in [0.1, 0.15) is 0 Å². The lowest BCUT2D eigenvalue weighted by atomic mass is 9.88. The van der Waals surface area contributed by atoms with Crippen LogP contribution in [0.15, 0.2) is 83.8 Å². The van der Waals surface area contributed by atoms with Crippen molar-refractivity contribution < 1.29 is 0 Å². The standard InChI is InChI=1S/C24H25Cl2NS/c25-21-9-4-7-19(17-21)24(20-8-5-10-22(26)18-20)13-15-27-14-6-16-28-23-11-2-1-3-12-23/h1-5,7-12,17-18,24,27H,6,13-16H2. The topological polar surface area (TPSA) is 12.0 Å². The van der Waals surface area contributed by atoms with E-state index in [2.05, 4.69) is 59.9 Å². The molecule has 0 saturated carbocycles. The quantitative estimate of drug-likeness (QED) is 0.268. The highest BCUT2D eigenvalue weighted by molar-refractivity contribution is 7.99. The van der Waals surface area contributed by atoms with Crippen LogP contribution in [0, 0.1) is 0 Å². The van der Waals surface area contributed by atoms with Crippen LogP contribution in [0.2, 0.25) is 10.0 Å². The maximum Gasteiger partial charge on any atom is 0.0408 e. The summed E-state index contributed by atoms with van der Waals surface area (Å²) in [5, 5.41) is 5.14. The fourth-order valence-electron chi connectivity index (χ4n) is 3.25. The Labute approximate surface area is 182 Å². The van der Waals surface area contributed by atoms with Crippen molar-refractivity contribution in [3.63, 3.8) is 0 Å². The zero-order valence-corrected chi connectivity index (χ0v) is 18.1. The van der Waals surface area contributed by atoms with Crippen LogP contribution in [0.1, 0.15) is 29.9 Å². The van der Waals surface area contributed by atoms with Gasteiger partial charge in [-0.2, -0.15) is 0 Å². The summed E-state index contributed by atoms with van der Waals surface area (Å²) in [5.74, 6) is 1.41. The summed E-state index contributed by atoms with van der Waals surface area (Å²) in [7, 11) is 0. The zero-order valence-electron chi connectivity index (χ0n) is 15.8. The molecule has 3 rings (SSSR count). The zero-order chi connectivity index (χ0) is 19.6. The van der Waals surface area contributed by atoms with Crippen molar-refractivity contribution in [2.75, 3.05) is 18.8 Å². The normalized spacial score (nSPS) is 11.1. The average molecular weight is 430 g/mol. The summed E-state index contributed by atoms with van der Waals surface area (Å²) >= 11 is 14.4. The first-order chi connectivity index (χ1) is 13.7. The Morgan fingerprint density at radius 3 is 2.00 bits per heavy atom. The van der Waals surface area contributed by atoms with E-state index in [9.17, 15) is 0 Å². The predicted octanol–water partition coefficient (Wildman–Crippen LogP) is 7.29. The Balaban J connectivity index is 1.49. The number of benzene rings is 3. The molecule has 4 heteroatoms. The molecule has 0 aliphatic heterocycles. The second-order valence-corrected chi connectivity index (χ2v) is 8.76. The second kappa shape index (κ2) is 11.5. The Bertz CT molecular complexity index is 808. The van der Waals surface area contributed by atoms with Gasteiger partial charge in [0, 0.05) is 20.9 Å². The van der Waals surface area contributed by atoms with Crippen LogP contribution >= 0.6 is 35.0 Å². The monoisotopic (exact) mass is 429 g/mol. The van der Waals surface area contributed by atoms with Crippen LogP contribution in [0.4, 0.5) is 0 Å². The number of nitrogens with one attached hydrogen (secondary N) is 1. The molecular formula is C24H25Cl2NS. The molecular weight excluding hydrogens is 405 g/mol. The highest BCUT2D eigenvalue weighted by Gasteiger charge is 2.14. The molecule has 1 nitrogen and oxygen atoms in total. The third-order valence-electron chi connectivity index (χ3n) is 4.62. The highest BCUT2D eigenvalue weighted by atomic mass is 35.5. The van der Waals surface area contributed by atoms with E-state index in [1.165, 1.54) is 16.0 Å². The fraction of sp³-hybridized carbons (Fsp3) is 0.250. The van der Waals surface area contributed by atoms with Crippen LogP contribution < -0.4 is 5.32 Å². The molecule has 0 spiro atoms. The van der Waals surface area contributed by atoms with Gasteiger partial charge in [0.25, 0.3) is 0 Å². The van der Waals surface area contributed by atoms with Crippen molar-refractivity contribution in [2.24, 2.45) is 0 Å². The first kappa shape index (κ1) is 21.3. The van der Waals surface area contributed by atoms with Gasteiger partial charge < -0.3 is 5.32 Å². The van der Waals surface area contributed by atoms with Crippen molar-refractivity contribution in [3.05, 3.63) is 100 Å². The van der Waals surface area contributed by atoms with Gasteiger partial charge in [-0.3, -0.25) is 0 Å². The van der Waals surface area contributed by atoms with Gasteiger partial charge in [0.2, 0.25) is 0 Å². The van der Waals surface area contributed by atoms with Crippen molar-refractivity contribution >= 4 is 35.0 Å². The van der Waals surface area contributed by atoms with E-state index in [1.54, 1.807) is 0 Å². The molecule has 0 aromatic heterocycles. The van der Waals surface area contributed by atoms with E-state index in [4.69, 9.17) is 23.2 Å². The van der Waals surface area contributed by atoms with Crippen molar-refractivity contribution in [1.82, 2.24) is 5.32 Å². The van der Waals surface area contributed by atoms with E-state index in [0.717, 1.165) is 41.7 Å². The second-order valence-electron chi connectivity index (χ2n) is 6.72. The maximum absolute atomic E-state index is 6.23. The largest absolute Gasteiger partial charge is 0.317 e. The third-order valence-corrected chi connectivity index (χ3v) is 6.19. The number of rotatable bonds is 10. The molecule has 0 amide bonds. The SMILES string of the molecule is Clc1cccc(C(CCNCCCSc2ccccc2)c2cccc(Cl)c2)c1. The molecule has 0 fully saturated rings. The lowest BCUT2D eigenvalue weighted by Crippen LogP contribution is -2.19. The molecule has 0 radical (unpaired) electrons. The summed E-state index contributed by atoms with van der Waals surface area (Å²) in [5.41, 5.74) is 2.47. The van der Waals surface area contributed by atoms with Crippen LogP contribution in [0.5, 0.6) is 0 Å². The molecule has 0 atom stereocenters. The lowest BCUT2D eigenvalue weighted by molar-refractivity contribution is 0.608. The first-order valence-electron chi connectivity index (χ1n) is 9.62. The molecule has 3 aromatic carbocycles. The molecule has 146 valence electrons. The molecule has 3 aromatic rings. The van der Waals surface area contributed by atoms with E-state index in [0.29, 0.717) is 0 Å². The smallest absolute Gasteiger partial charge is 0.0408 e. The maximum atomic E-state index is 6.23. The van der Waals surface area contributed by atoms with Crippen LogP contribution in [-0.2, 0) is 0 Å². The van der Waals surface area contributed by atoms with E-state index < -0.39 is 0 Å².